The molecule has 148 valence electrons. The molecule has 0 aromatic rings. The predicted octanol–water partition coefficient (Wildman–Crippen LogP) is -2.37. The van der Waals surface area contributed by atoms with Gasteiger partial charge in [-0.15, -0.1) is 0 Å². The van der Waals surface area contributed by atoms with Gasteiger partial charge in [0.2, 0.25) is 0 Å². The van der Waals surface area contributed by atoms with Crippen LogP contribution in [0, 0.1) is 0 Å². The van der Waals surface area contributed by atoms with Crippen LogP contribution in [-0.2, 0) is 9.47 Å². The van der Waals surface area contributed by atoms with E-state index in [1.54, 1.807) is 0 Å². The van der Waals surface area contributed by atoms with Gasteiger partial charge < -0.3 is 45.2 Å². The second kappa shape index (κ2) is 9.36. The summed E-state index contributed by atoms with van der Waals surface area (Å²) in [6.45, 7) is 5.62. The molecule has 0 aromatic heterocycles. The van der Waals surface area contributed by atoms with Crippen LogP contribution in [0.2, 0.25) is 0 Å². The van der Waals surface area contributed by atoms with E-state index in [-0.39, 0.29) is 12.8 Å². The van der Waals surface area contributed by atoms with Crippen LogP contribution >= 0.6 is 0 Å². The van der Waals surface area contributed by atoms with E-state index in [0.29, 0.717) is 5.57 Å². The van der Waals surface area contributed by atoms with Gasteiger partial charge in [-0.1, -0.05) is 6.58 Å². The minimum Gasteiger partial charge on any atom is -0.394 e. The second-order valence-corrected chi connectivity index (χ2v) is 6.87. The summed E-state index contributed by atoms with van der Waals surface area (Å²) in [6.07, 6.45) is -8.73. The summed E-state index contributed by atoms with van der Waals surface area (Å²) < 4.78 is 10.7. The molecule has 1 aliphatic rings. The monoisotopic (exact) mass is 366 g/mol. The normalized spacial score (nSPS) is 33.1. The first kappa shape index (κ1) is 22.4. The van der Waals surface area contributed by atoms with Crippen molar-refractivity contribution in [3.05, 3.63) is 12.2 Å². The molecule has 7 N–H and O–H groups in total. The lowest BCUT2D eigenvalue weighted by Crippen LogP contribution is -2.59. The summed E-state index contributed by atoms with van der Waals surface area (Å²) in [5.41, 5.74) is -0.893. The third-order valence-electron chi connectivity index (χ3n) is 4.32. The van der Waals surface area contributed by atoms with Crippen LogP contribution in [0.4, 0.5) is 0 Å². The van der Waals surface area contributed by atoms with Crippen molar-refractivity contribution in [3.8, 4) is 0 Å². The number of hydrogen-bond donors (Lipinski definition) is 7. The summed E-state index contributed by atoms with van der Waals surface area (Å²) in [7, 11) is 0. The van der Waals surface area contributed by atoms with E-state index in [0.717, 1.165) is 0 Å². The van der Waals surface area contributed by atoms with Gasteiger partial charge in [-0.2, -0.15) is 0 Å². The molecule has 1 aliphatic heterocycles. The highest BCUT2D eigenvalue weighted by Gasteiger charge is 2.45. The molecular formula is C16H30O9. The van der Waals surface area contributed by atoms with E-state index < -0.39 is 61.7 Å². The predicted molar refractivity (Wildman–Crippen MR) is 86.4 cm³/mol. The average molecular weight is 366 g/mol. The van der Waals surface area contributed by atoms with Crippen molar-refractivity contribution in [1.29, 1.82) is 0 Å². The molecule has 0 aliphatic carbocycles. The molecular weight excluding hydrogens is 336 g/mol. The quantitative estimate of drug-likeness (QED) is 0.221. The lowest BCUT2D eigenvalue weighted by molar-refractivity contribution is -0.310. The number of rotatable bonds is 9. The summed E-state index contributed by atoms with van der Waals surface area (Å²) in [4.78, 5) is 0. The Labute approximate surface area is 146 Å². The maximum absolute atomic E-state index is 9.95. The van der Waals surface area contributed by atoms with Crippen LogP contribution in [0.25, 0.3) is 0 Å². The molecule has 1 rings (SSSR count). The molecule has 0 radical (unpaired) electrons. The molecule has 0 bridgehead atoms. The fraction of sp³-hybridized carbons (Fsp3) is 0.875. The standard InChI is InChI=1S/C16H30O9/c1-8(4-5-11(19)16(2,3)23)9(6-17)24-15-14(22)13(21)12(20)10(7-18)25-15/h9-15,17-23H,1,4-7H2,2-3H3/t9-,10+,11+,12+,13-,14+,15+/m0/s1. The molecule has 25 heavy (non-hydrogen) atoms. The topological polar surface area (TPSA) is 160 Å². The third kappa shape index (κ3) is 5.95. The zero-order valence-electron chi connectivity index (χ0n) is 14.5. The Morgan fingerprint density at radius 3 is 2.24 bits per heavy atom. The van der Waals surface area contributed by atoms with E-state index in [2.05, 4.69) is 6.58 Å². The molecule has 9 heteroatoms. The maximum atomic E-state index is 9.95. The molecule has 0 amide bonds. The summed E-state index contributed by atoms with van der Waals surface area (Å²) in [5.74, 6) is 0. The number of ether oxygens (including phenoxy) is 2. The van der Waals surface area contributed by atoms with Crippen LogP contribution < -0.4 is 0 Å². The highest BCUT2D eigenvalue weighted by molar-refractivity contribution is 5.04. The first-order valence-corrected chi connectivity index (χ1v) is 8.17. The third-order valence-corrected chi connectivity index (χ3v) is 4.32. The van der Waals surface area contributed by atoms with Crippen LogP contribution in [0.5, 0.6) is 0 Å². The lowest BCUT2D eigenvalue weighted by atomic mass is 9.94. The van der Waals surface area contributed by atoms with Gasteiger partial charge in [-0.05, 0) is 32.3 Å². The van der Waals surface area contributed by atoms with Crippen molar-refractivity contribution in [2.45, 2.75) is 75.2 Å². The molecule has 0 aromatic carbocycles. The van der Waals surface area contributed by atoms with Crippen molar-refractivity contribution in [2.75, 3.05) is 13.2 Å². The molecule has 0 unspecified atom stereocenters. The SMILES string of the molecule is C=C(CC[C@@H](O)C(C)(C)O)[C@H](CO)O[C@@H]1O[C@H](CO)[C@@H](O)[C@H](O)[C@H]1O. The van der Waals surface area contributed by atoms with Crippen molar-refractivity contribution >= 4 is 0 Å². The Hall–Kier alpha value is -0.620. The minimum absolute atomic E-state index is 0.177. The van der Waals surface area contributed by atoms with Gasteiger partial charge in [0.1, 0.15) is 30.5 Å². The van der Waals surface area contributed by atoms with Crippen molar-refractivity contribution in [1.82, 2.24) is 0 Å². The molecule has 1 saturated heterocycles. The molecule has 0 saturated carbocycles. The van der Waals surface area contributed by atoms with Gasteiger partial charge >= 0.3 is 0 Å². The van der Waals surface area contributed by atoms with Crippen molar-refractivity contribution in [3.63, 3.8) is 0 Å². The van der Waals surface area contributed by atoms with Crippen LogP contribution in [-0.4, -0.2) is 97.5 Å². The van der Waals surface area contributed by atoms with Gasteiger partial charge in [-0.25, -0.2) is 0 Å². The Bertz CT molecular complexity index is 420. The Kier molecular flexibility index (Phi) is 8.39. The van der Waals surface area contributed by atoms with Crippen LogP contribution in [0.3, 0.4) is 0 Å². The van der Waals surface area contributed by atoms with Crippen LogP contribution in [0.1, 0.15) is 26.7 Å². The lowest BCUT2D eigenvalue weighted by Gasteiger charge is -2.41. The van der Waals surface area contributed by atoms with E-state index in [1.807, 2.05) is 0 Å². The molecule has 0 spiro atoms. The fourth-order valence-corrected chi connectivity index (χ4v) is 2.45. The van der Waals surface area contributed by atoms with E-state index in [9.17, 15) is 30.6 Å². The Morgan fingerprint density at radius 2 is 1.76 bits per heavy atom. The Balaban J connectivity index is 2.66. The summed E-state index contributed by atoms with van der Waals surface area (Å²) in [5, 5.41) is 67.6. The van der Waals surface area contributed by atoms with Crippen molar-refractivity contribution < 1.29 is 45.2 Å². The maximum Gasteiger partial charge on any atom is 0.187 e. The van der Waals surface area contributed by atoms with E-state index in [4.69, 9.17) is 14.6 Å². The highest BCUT2D eigenvalue weighted by Crippen LogP contribution is 2.25. The molecule has 7 atom stereocenters. The smallest absolute Gasteiger partial charge is 0.187 e. The van der Waals surface area contributed by atoms with Gasteiger partial charge in [0.15, 0.2) is 6.29 Å². The van der Waals surface area contributed by atoms with Gasteiger partial charge in [0, 0.05) is 0 Å². The largest absolute Gasteiger partial charge is 0.394 e. The van der Waals surface area contributed by atoms with Gasteiger partial charge in [0.25, 0.3) is 0 Å². The molecule has 9 nitrogen and oxygen atoms in total. The number of aliphatic hydroxyl groups excluding tert-OH is 6. The van der Waals surface area contributed by atoms with Crippen molar-refractivity contribution in [2.24, 2.45) is 0 Å². The summed E-state index contributed by atoms with van der Waals surface area (Å²) >= 11 is 0. The zero-order chi connectivity index (χ0) is 19.4. The van der Waals surface area contributed by atoms with Crippen LogP contribution in [0.15, 0.2) is 12.2 Å². The van der Waals surface area contributed by atoms with E-state index in [1.165, 1.54) is 13.8 Å². The zero-order valence-corrected chi connectivity index (χ0v) is 14.5. The molecule has 1 heterocycles. The van der Waals surface area contributed by atoms with Gasteiger partial charge in [-0.3, -0.25) is 0 Å². The van der Waals surface area contributed by atoms with E-state index >= 15 is 0 Å². The number of hydrogen-bond acceptors (Lipinski definition) is 9. The van der Waals surface area contributed by atoms with Gasteiger partial charge in [0.05, 0.1) is 24.9 Å². The second-order valence-electron chi connectivity index (χ2n) is 6.87. The number of aliphatic hydroxyl groups is 7. The highest BCUT2D eigenvalue weighted by atomic mass is 16.7. The first-order valence-electron chi connectivity index (χ1n) is 8.17. The average Bonchev–Trinajstić information content (AvgIpc) is 2.55. The Morgan fingerprint density at radius 1 is 1.16 bits per heavy atom. The first-order chi connectivity index (χ1) is 11.5. The molecule has 1 fully saturated rings. The minimum atomic E-state index is -1.58. The summed E-state index contributed by atoms with van der Waals surface area (Å²) in [6, 6.07) is 0. The fourth-order valence-electron chi connectivity index (χ4n) is 2.45.